The molecule has 0 radical (unpaired) electrons. The zero-order valence-electron chi connectivity index (χ0n) is 11.4. The van der Waals surface area contributed by atoms with E-state index < -0.39 is 5.79 Å². The Morgan fingerprint density at radius 1 is 1.50 bits per heavy atom. The van der Waals surface area contributed by atoms with Crippen molar-refractivity contribution in [3.63, 3.8) is 0 Å². The molecule has 1 aliphatic carbocycles. The molecule has 1 saturated heterocycles. The number of nitrogens with one attached hydrogen (secondary N) is 1. The zero-order chi connectivity index (χ0) is 14.2. The molecule has 2 heterocycles. The number of H-pyrrole nitrogens is 1. The number of hydrogen-bond acceptors (Lipinski definition) is 6. The second-order valence-electron chi connectivity index (χ2n) is 5.36. The van der Waals surface area contributed by atoms with Crippen molar-refractivity contribution in [1.82, 2.24) is 9.97 Å². The van der Waals surface area contributed by atoms with Crippen LogP contribution < -0.4 is 11.3 Å². The summed E-state index contributed by atoms with van der Waals surface area (Å²) in [5.41, 5.74) is 6.78. The Hall–Kier alpha value is -0.890. The highest BCUT2D eigenvalue weighted by Crippen LogP contribution is 2.41. The molecular formula is C13H19N3O3S. The molecule has 1 aromatic rings. The van der Waals surface area contributed by atoms with Crippen LogP contribution in [-0.2, 0) is 9.47 Å². The van der Waals surface area contributed by atoms with Gasteiger partial charge in [0.1, 0.15) is 0 Å². The van der Waals surface area contributed by atoms with Crippen molar-refractivity contribution in [1.29, 1.82) is 0 Å². The predicted molar refractivity (Wildman–Crippen MR) is 75.7 cm³/mol. The van der Waals surface area contributed by atoms with Gasteiger partial charge < -0.3 is 20.2 Å². The first kappa shape index (κ1) is 14.1. The normalized spacial score (nSPS) is 28.9. The third-order valence-corrected chi connectivity index (χ3v) is 5.01. The van der Waals surface area contributed by atoms with E-state index in [1.165, 1.54) is 17.8 Å². The number of rotatable bonds is 2. The van der Waals surface area contributed by atoms with Gasteiger partial charge in [-0.1, -0.05) is 11.8 Å². The van der Waals surface area contributed by atoms with Crippen LogP contribution in [0.2, 0.25) is 0 Å². The Morgan fingerprint density at radius 3 is 2.95 bits per heavy atom. The average Bonchev–Trinajstić information content (AvgIpc) is 2.81. The van der Waals surface area contributed by atoms with Gasteiger partial charge in [0, 0.05) is 35.9 Å². The van der Waals surface area contributed by atoms with Gasteiger partial charge in [0.15, 0.2) is 10.9 Å². The zero-order valence-corrected chi connectivity index (χ0v) is 12.2. The molecule has 6 nitrogen and oxygen atoms in total. The summed E-state index contributed by atoms with van der Waals surface area (Å²) < 4.78 is 11.5. The van der Waals surface area contributed by atoms with Crippen LogP contribution in [0.4, 0.5) is 0 Å². The van der Waals surface area contributed by atoms with Gasteiger partial charge in [-0.05, 0) is 13.3 Å². The van der Waals surface area contributed by atoms with E-state index in [1.54, 1.807) is 0 Å². The summed E-state index contributed by atoms with van der Waals surface area (Å²) in [6.45, 7) is 3.10. The molecule has 2 atom stereocenters. The number of aromatic amines is 1. The highest BCUT2D eigenvalue weighted by molar-refractivity contribution is 7.99. The van der Waals surface area contributed by atoms with E-state index in [1.807, 2.05) is 6.92 Å². The van der Waals surface area contributed by atoms with Crippen molar-refractivity contribution in [2.24, 2.45) is 5.73 Å². The van der Waals surface area contributed by atoms with Gasteiger partial charge in [-0.25, -0.2) is 4.98 Å². The SMILES string of the molecule is Cc1cc(=O)[nH]c(SC2CC3(CCC2N)OCCO3)n1. The highest BCUT2D eigenvalue weighted by Gasteiger charge is 2.44. The molecule has 7 heteroatoms. The van der Waals surface area contributed by atoms with Gasteiger partial charge in [-0.3, -0.25) is 4.79 Å². The van der Waals surface area contributed by atoms with Crippen molar-refractivity contribution in [3.05, 3.63) is 22.1 Å². The molecule has 0 amide bonds. The van der Waals surface area contributed by atoms with E-state index in [4.69, 9.17) is 15.2 Å². The molecule has 2 aliphatic rings. The second-order valence-corrected chi connectivity index (χ2v) is 6.59. The number of aromatic nitrogens is 2. The largest absolute Gasteiger partial charge is 0.347 e. The molecule has 0 bridgehead atoms. The van der Waals surface area contributed by atoms with Gasteiger partial charge in [-0.2, -0.15) is 0 Å². The van der Waals surface area contributed by atoms with Gasteiger partial charge >= 0.3 is 0 Å². The van der Waals surface area contributed by atoms with Crippen molar-refractivity contribution < 1.29 is 9.47 Å². The molecule has 2 fully saturated rings. The molecule has 0 aromatic carbocycles. The van der Waals surface area contributed by atoms with Crippen molar-refractivity contribution in [3.8, 4) is 0 Å². The molecule has 3 N–H and O–H groups in total. The summed E-state index contributed by atoms with van der Waals surface area (Å²) in [4.78, 5) is 18.6. The minimum atomic E-state index is -0.475. The summed E-state index contributed by atoms with van der Waals surface area (Å²) >= 11 is 1.51. The number of thioether (sulfide) groups is 1. The van der Waals surface area contributed by atoms with Gasteiger partial charge in [-0.15, -0.1) is 0 Å². The molecule has 110 valence electrons. The molecule has 1 saturated carbocycles. The number of nitrogens with zero attached hydrogens (tertiary/aromatic N) is 1. The lowest BCUT2D eigenvalue weighted by Crippen LogP contribution is -2.47. The van der Waals surface area contributed by atoms with E-state index in [0.717, 1.165) is 19.3 Å². The lowest BCUT2D eigenvalue weighted by molar-refractivity contribution is -0.176. The van der Waals surface area contributed by atoms with Gasteiger partial charge in [0.25, 0.3) is 5.56 Å². The molecule has 20 heavy (non-hydrogen) atoms. The Balaban J connectivity index is 1.76. The van der Waals surface area contributed by atoms with E-state index in [0.29, 0.717) is 24.1 Å². The highest BCUT2D eigenvalue weighted by atomic mass is 32.2. The number of nitrogens with two attached hydrogens (primary N) is 1. The lowest BCUT2D eigenvalue weighted by Gasteiger charge is -2.39. The maximum atomic E-state index is 11.5. The van der Waals surface area contributed by atoms with Gasteiger partial charge in [0.05, 0.1) is 13.2 Å². The summed E-state index contributed by atoms with van der Waals surface area (Å²) in [6, 6.07) is 1.54. The summed E-state index contributed by atoms with van der Waals surface area (Å²) in [5.74, 6) is -0.475. The topological polar surface area (TPSA) is 90.2 Å². The van der Waals surface area contributed by atoms with Crippen LogP contribution >= 0.6 is 11.8 Å². The standard InChI is InChI=1S/C13H19N3O3S/c1-8-6-11(17)16-12(15-8)20-10-7-13(3-2-9(10)14)18-4-5-19-13/h6,9-10H,2-5,7,14H2,1H3,(H,15,16,17). The van der Waals surface area contributed by atoms with Crippen LogP contribution in [0.5, 0.6) is 0 Å². The summed E-state index contributed by atoms with van der Waals surface area (Å²) in [5, 5.41) is 0.747. The molecular weight excluding hydrogens is 278 g/mol. The second kappa shape index (κ2) is 5.48. The third kappa shape index (κ3) is 2.90. The molecule has 1 spiro atoms. The van der Waals surface area contributed by atoms with E-state index in [-0.39, 0.29) is 16.9 Å². The first-order valence-corrected chi connectivity index (χ1v) is 7.72. The number of ether oxygens (including phenoxy) is 2. The fraction of sp³-hybridized carbons (Fsp3) is 0.692. The summed E-state index contributed by atoms with van der Waals surface area (Å²) in [7, 11) is 0. The van der Waals surface area contributed by atoms with Crippen LogP contribution in [0.1, 0.15) is 25.0 Å². The van der Waals surface area contributed by atoms with E-state index in [2.05, 4.69) is 9.97 Å². The smallest absolute Gasteiger partial charge is 0.251 e. The Kier molecular flexibility index (Phi) is 3.85. The minimum absolute atomic E-state index is 0.0595. The minimum Gasteiger partial charge on any atom is -0.347 e. The third-order valence-electron chi connectivity index (χ3n) is 3.77. The van der Waals surface area contributed by atoms with Crippen LogP contribution in [-0.4, -0.2) is 40.3 Å². The first-order valence-electron chi connectivity index (χ1n) is 6.84. The lowest BCUT2D eigenvalue weighted by atomic mass is 9.90. The predicted octanol–water partition coefficient (Wildman–Crippen LogP) is 0.793. The van der Waals surface area contributed by atoms with Gasteiger partial charge in [0.2, 0.25) is 0 Å². The molecule has 1 aromatic heterocycles. The summed E-state index contributed by atoms with van der Waals surface area (Å²) in [6.07, 6.45) is 2.42. The molecule has 1 aliphatic heterocycles. The molecule has 2 unspecified atom stereocenters. The van der Waals surface area contributed by atoms with Crippen molar-refractivity contribution in [2.45, 2.75) is 48.4 Å². The average molecular weight is 297 g/mol. The quantitative estimate of drug-likeness (QED) is 0.785. The fourth-order valence-electron chi connectivity index (χ4n) is 2.77. The van der Waals surface area contributed by atoms with Crippen molar-refractivity contribution in [2.75, 3.05) is 13.2 Å². The Morgan fingerprint density at radius 2 is 2.25 bits per heavy atom. The van der Waals surface area contributed by atoms with Crippen LogP contribution in [0, 0.1) is 6.92 Å². The van der Waals surface area contributed by atoms with E-state index in [9.17, 15) is 4.79 Å². The number of aryl methyl sites for hydroxylation is 1. The van der Waals surface area contributed by atoms with E-state index >= 15 is 0 Å². The van der Waals surface area contributed by atoms with Crippen LogP contribution in [0.3, 0.4) is 0 Å². The fourth-order valence-corrected chi connectivity index (χ4v) is 4.06. The maximum Gasteiger partial charge on any atom is 0.251 e. The van der Waals surface area contributed by atoms with Crippen molar-refractivity contribution >= 4 is 11.8 Å². The van der Waals surface area contributed by atoms with Crippen LogP contribution in [0.15, 0.2) is 16.0 Å². The maximum absolute atomic E-state index is 11.5. The van der Waals surface area contributed by atoms with Crippen LogP contribution in [0.25, 0.3) is 0 Å². The molecule has 3 rings (SSSR count). The number of hydrogen-bond donors (Lipinski definition) is 2. The first-order chi connectivity index (χ1) is 9.56. The Labute approximate surface area is 121 Å². The Bertz CT molecular complexity index is 542. The monoisotopic (exact) mass is 297 g/mol.